The highest BCUT2D eigenvalue weighted by molar-refractivity contribution is 8.01. The zero-order valence-corrected chi connectivity index (χ0v) is 18.3. The summed E-state index contributed by atoms with van der Waals surface area (Å²) in [5.41, 5.74) is 2.11. The number of anilines is 1. The van der Waals surface area contributed by atoms with Crippen molar-refractivity contribution in [2.45, 2.75) is 11.3 Å². The molecule has 1 amide bonds. The van der Waals surface area contributed by atoms with Gasteiger partial charge in [-0.2, -0.15) is 0 Å². The average Bonchev–Trinajstić information content (AvgIpc) is 3.15. The highest BCUT2D eigenvalue weighted by atomic mass is 32.2. The Morgan fingerprint density at radius 3 is 2.28 bits per heavy atom. The van der Waals surface area contributed by atoms with Gasteiger partial charge in [0.15, 0.2) is 15.8 Å². The smallest absolute Gasteiger partial charge is 0.256 e. The topological polar surface area (TPSA) is 69.7 Å². The summed E-state index contributed by atoms with van der Waals surface area (Å²) >= 11 is 3.11. The zero-order chi connectivity index (χ0) is 20.8. The number of carbonyl (C=O) groups is 1. The summed E-state index contributed by atoms with van der Waals surface area (Å²) < 4.78 is 16.9. The largest absolute Gasteiger partial charge is 0.493 e. The second kappa shape index (κ2) is 9.67. The number of nitrogens with zero attached hydrogens (tertiary/aromatic N) is 1. The maximum absolute atomic E-state index is 13.0. The second-order valence-corrected chi connectivity index (χ2v) is 8.33. The highest BCUT2D eigenvalue weighted by Crippen LogP contribution is 2.40. The molecule has 0 saturated heterocycles. The first kappa shape index (κ1) is 21.0. The Bertz CT molecular complexity index is 965. The van der Waals surface area contributed by atoms with E-state index in [9.17, 15) is 4.79 Å². The molecule has 3 rings (SSSR count). The normalized spacial score (nSPS) is 10.5. The fourth-order valence-corrected chi connectivity index (χ4v) is 4.71. The summed E-state index contributed by atoms with van der Waals surface area (Å²) in [4.78, 5) is 17.7. The van der Waals surface area contributed by atoms with Crippen molar-refractivity contribution >= 4 is 34.0 Å². The summed E-state index contributed by atoms with van der Waals surface area (Å²) in [5, 5.41) is 3.70. The summed E-state index contributed by atoms with van der Waals surface area (Å²) in [6.07, 6.45) is 0. The molecule has 8 heteroatoms. The maximum atomic E-state index is 13.0. The van der Waals surface area contributed by atoms with Gasteiger partial charge in [-0.25, -0.2) is 4.98 Å². The van der Waals surface area contributed by atoms with Crippen LogP contribution < -0.4 is 19.5 Å². The van der Waals surface area contributed by atoms with Gasteiger partial charge in [-0.05, 0) is 17.9 Å². The SMILES string of the molecule is CCSc1nc(-c2ccccc2)c(NC(=O)c2cc(OC)c(OC)c(OC)c2)s1. The van der Waals surface area contributed by atoms with E-state index in [2.05, 4.69) is 12.2 Å². The lowest BCUT2D eigenvalue weighted by Gasteiger charge is -2.14. The highest BCUT2D eigenvalue weighted by Gasteiger charge is 2.20. The van der Waals surface area contributed by atoms with Gasteiger partial charge in [-0.1, -0.05) is 60.4 Å². The van der Waals surface area contributed by atoms with Crippen LogP contribution in [0, 0.1) is 0 Å². The molecule has 152 valence electrons. The minimum absolute atomic E-state index is 0.280. The number of carbonyl (C=O) groups excluding carboxylic acids is 1. The quantitative estimate of drug-likeness (QED) is 0.495. The molecule has 0 radical (unpaired) electrons. The third kappa shape index (κ3) is 4.65. The third-order valence-corrected chi connectivity index (χ3v) is 6.07. The lowest BCUT2D eigenvalue weighted by Crippen LogP contribution is -2.12. The Morgan fingerprint density at radius 2 is 1.72 bits per heavy atom. The van der Waals surface area contributed by atoms with Crippen LogP contribution in [0.25, 0.3) is 11.3 Å². The molecule has 0 spiro atoms. The monoisotopic (exact) mass is 430 g/mol. The number of methoxy groups -OCH3 is 3. The number of hydrogen-bond donors (Lipinski definition) is 1. The van der Waals surface area contributed by atoms with Crippen LogP contribution in [0.1, 0.15) is 17.3 Å². The summed E-state index contributed by atoms with van der Waals surface area (Å²) in [5.74, 6) is 1.91. The van der Waals surface area contributed by atoms with Crippen molar-refractivity contribution < 1.29 is 19.0 Å². The van der Waals surface area contributed by atoms with Gasteiger partial charge >= 0.3 is 0 Å². The van der Waals surface area contributed by atoms with Crippen molar-refractivity contribution in [3.05, 3.63) is 48.0 Å². The van der Waals surface area contributed by atoms with E-state index in [1.807, 2.05) is 30.3 Å². The molecule has 6 nitrogen and oxygen atoms in total. The first-order valence-electron chi connectivity index (χ1n) is 8.91. The van der Waals surface area contributed by atoms with E-state index < -0.39 is 0 Å². The van der Waals surface area contributed by atoms with E-state index >= 15 is 0 Å². The Labute approximate surface area is 178 Å². The van der Waals surface area contributed by atoms with Crippen LogP contribution in [-0.2, 0) is 0 Å². The van der Waals surface area contributed by atoms with Gasteiger partial charge in [0.05, 0.1) is 21.3 Å². The fourth-order valence-electron chi connectivity index (χ4n) is 2.75. The first-order valence-corrected chi connectivity index (χ1v) is 10.7. The number of thioether (sulfide) groups is 1. The van der Waals surface area contributed by atoms with E-state index in [4.69, 9.17) is 19.2 Å². The maximum Gasteiger partial charge on any atom is 0.256 e. The lowest BCUT2D eigenvalue weighted by molar-refractivity contribution is 0.102. The third-order valence-electron chi connectivity index (χ3n) is 4.08. The number of benzene rings is 2. The lowest BCUT2D eigenvalue weighted by atomic mass is 10.1. The molecule has 3 aromatic rings. The molecule has 1 heterocycles. The van der Waals surface area contributed by atoms with E-state index in [0.717, 1.165) is 21.3 Å². The Balaban J connectivity index is 1.97. The molecule has 0 saturated carbocycles. The fraction of sp³-hybridized carbons (Fsp3) is 0.238. The van der Waals surface area contributed by atoms with Crippen molar-refractivity contribution in [2.75, 3.05) is 32.4 Å². The van der Waals surface area contributed by atoms with Gasteiger partial charge in [0.25, 0.3) is 5.91 Å². The molecule has 1 aromatic heterocycles. The van der Waals surface area contributed by atoms with Crippen LogP contribution in [0.4, 0.5) is 5.00 Å². The van der Waals surface area contributed by atoms with Crippen molar-refractivity contribution in [2.24, 2.45) is 0 Å². The number of amides is 1. The van der Waals surface area contributed by atoms with Crippen LogP contribution in [0.3, 0.4) is 0 Å². The van der Waals surface area contributed by atoms with E-state index in [1.54, 1.807) is 23.9 Å². The molecular weight excluding hydrogens is 408 g/mol. The molecule has 2 aromatic carbocycles. The van der Waals surface area contributed by atoms with Gasteiger partial charge in [0.1, 0.15) is 10.7 Å². The van der Waals surface area contributed by atoms with Crippen LogP contribution in [-0.4, -0.2) is 38.0 Å². The first-order chi connectivity index (χ1) is 14.1. The van der Waals surface area contributed by atoms with Crippen LogP contribution in [0.5, 0.6) is 17.2 Å². The molecule has 0 aliphatic rings. The van der Waals surface area contributed by atoms with E-state index in [1.165, 1.54) is 32.7 Å². The molecule has 0 atom stereocenters. The minimum atomic E-state index is -0.280. The number of aromatic nitrogens is 1. The van der Waals surface area contributed by atoms with Gasteiger partial charge in [0, 0.05) is 11.1 Å². The van der Waals surface area contributed by atoms with Crippen molar-refractivity contribution in [3.63, 3.8) is 0 Å². The molecular formula is C21H22N2O4S2. The van der Waals surface area contributed by atoms with Crippen LogP contribution in [0.15, 0.2) is 46.8 Å². The molecule has 0 unspecified atom stereocenters. The van der Waals surface area contributed by atoms with Crippen molar-refractivity contribution in [3.8, 4) is 28.5 Å². The molecule has 0 fully saturated rings. The molecule has 1 N–H and O–H groups in total. The summed E-state index contributed by atoms with van der Waals surface area (Å²) in [6, 6.07) is 13.1. The summed E-state index contributed by atoms with van der Waals surface area (Å²) in [6.45, 7) is 2.07. The average molecular weight is 431 g/mol. The Kier molecular flexibility index (Phi) is 7.00. The number of ether oxygens (including phenoxy) is 3. The predicted octanol–water partition coefficient (Wildman–Crippen LogP) is 5.20. The second-order valence-electron chi connectivity index (χ2n) is 5.82. The van der Waals surface area contributed by atoms with Crippen molar-refractivity contribution in [1.82, 2.24) is 4.98 Å². The number of nitrogens with one attached hydrogen (secondary N) is 1. The van der Waals surface area contributed by atoms with Gasteiger partial charge in [0.2, 0.25) is 5.75 Å². The molecule has 0 aliphatic heterocycles. The van der Waals surface area contributed by atoms with E-state index in [0.29, 0.717) is 27.8 Å². The van der Waals surface area contributed by atoms with Crippen LogP contribution in [0.2, 0.25) is 0 Å². The summed E-state index contributed by atoms with van der Waals surface area (Å²) in [7, 11) is 4.56. The molecule has 0 aliphatic carbocycles. The predicted molar refractivity (Wildman–Crippen MR) is 118 cm³/mol. The van der Waals surface area contributed by atoms with Crippen LogP contribution >= 0.6 is 23.1 Å². The number of thiazole rings is 1. The van der Waals surface area contributed by atoms with Gasteiger partial charge in [-0.3, -0.25) is 4.79 Å². The Morgan fingerprint density at radius 1 is 1.07 bits per heavy atom. The zero-order valence-electron chi connectivity index (χ0n) is 16.6. The minimum Gasteiger partial charge on any atom is -0.493 e. The number of rotatable bonds is 8. The van der Waals surface area contributed by atoms with Gasteiger partial charge in [-0.15, -0.1) is 0 Å². The molecule has 0 bridgehead atoms. The Hall–Kier alpha value is -2.71. The molecule has 29 heavy (non-hydrogen) atoms. The van der Waals surface area contributed by atoms with Crippen molar-refractivity contribution in [1.29, 1.82) is 0 Å². The standard InChI is InChI=1S/C21H22N2O4S2/c1-5-28-21-22-17(13-9-7-6-8-10-13)20(29-21)23-19(24)14-11-15(25-2)18(27-4)16(12-14)26-3/h6-12H,5H2,1-4H3,(H,23,24). The number of hydrogen-bond acceptors (Lipinski definition) is 7. The van der Waals surface area contributed by atoms with Gasteiger partial charge < -0.3 is 19.5 Å². The van der Waals surface area contributed by atoms with E-state index in [-0.39, 0.29) is 5.91 Å².